The van der Waals surface area contributed by atoms with E-state index in [0.29, 0.717) is 165 Å². The molecule has 0 radical (unpaired) electrons. The van der Waals surface area contributed by atoms with Gasteiger partial charge in [0.2, 0.25) is 0 Å². The number of alkyl halides is 1. The molecule has 0 atom stereocenters. The van der Waals surface area contributed by atoms with E-state index in [-0.39, 0.29) is 0 Å². The van der Waals surface area contributed by atoms with Crippen LogP contribution in [-0.2, 0) is 61.6 Å². The van der Waals surface area contributed by atoms with Crippen LogP contribution in [-0.4, -0.2) is 176 Å². The molecule has 13 nitrogen and oxygen atoms in total. The highest BCUT2D eigenvalue weighted by atomic mass is 127. The smallest absolute Gasteiger partial charge is 0.0704 e. The Hall–Kier alpha value is -0.0500. The second-order valence-corrected chi connectivity index (χ2v) is 10.9. The van der Waals surface area contributed by atoms with Crippen LogP contribution in [0.5, 0.6) is 0 Å². The molecule has 0 unspecified atom stereocenters. The van der Waals surface area contributed by atoms with Gasteiger partial charge in [-0.25, -0.2) is 0 Å². The Bertz CT molecular complexity index is 567. The monoisotopic (exact) mass is 796 g/mol. The first kappa shape index (κ1) is 47.0. The molecular weight excluding hydrogens is 731 g/mol. The minimum Gasteiger partial charge on any atom is -0.379 e. The van der Waals surface area contributed by atoms with E-state index in [1.165, 1.54) is 23.7 Å². The summed E-state index contributed by atoms with van der Waals surface area (Å²) in [6.45, 7) is 17.8. The van der Waals surface area contributed by atoms with E-state index < -0.39 is 0 Å². The molecular formula is C33H65IO13. The van der Waals surface area contributed by atoms with Crippen molar-refractivity contribution in [2.45, 2.75) is 25.7 Å². The molecule has 0 aromatic rings. The standard InChI is InChI=1S/C33H65IO13/c1-2-8-35-10-12-37-14-16-39-18-20-41-22-24-43-26-28-45-30-32-47-33-31-46-29-27-44-25-23-42-21-19-40-17-15-38-13-11-36-9-6-4-3-5-7-34/h2H,1,3-33H2. The highest BCUT2D eigenvalue weighted by molar-refractivity contribution is 14.1. The summed E-state index contributed by atoms with van der Waals surface area (Å²) >= 11 is 2.42. The Morgan fingerprint density at radius 3 is 0.723 bits per heavy atom. The molecule has 0 rings (SSSR count). The van der Waals surface area contributed by atoms with Crippen LogP contribution >= 0.6 is 22.6 Å². The quantitative estimate of drug-likeness (QED) is 0.0389. The van der Waals surface area contributed by atoms with Gasteiger partial charge >= 0.3 is 0 Å². The van der Waals surface area contributed by atoms with Crippen LogP contribution in [0.3, 0.4) is 0 Å². The Labute approximate surface area is 297 Å². The zero-order valence-electron chi connectivity index (χ0n) is 28.9. The minimum atomic E-state index is 0.513. The third-order valence-electron chi connectivity index (χ3n) is 5.87. The van der Waals surface area contributed by atoms with Gasteiger partial charge in [0.25, 0.3) is 0 Å². The lowest BCUT2D eigenvalue weighted by Gasteiger charge is -2.09. The highest BCUT2D eigenvalue weighted by Gasteiger charge is 1.97. The summed E-state index contributed by atoms with van der Waals surface area (Å²) in [7, 11) is 0. The van der Waals surface area contributed by atoms with Crippen LogP contribution in [0.1, 0.15) is 25.7 Å². The van der Waals surface area contributed by atoms with Gasteiger partial charge < -0.3 is 61.6 Å². The van der Waals surface area contributed by atoms with Gasteiger partial charge in [0, 0.05) is 6.61 Å². The van der Waals surface area contributed by atoms with Crippen molar-refractivity contribution < 1.29 is 61.6 Å². The van der Waals surface area contributed by atoms with E-state index in [2.05, 4.69) is 29.2 Å². The number of rotatable bonds is 44. The Morgan fingerprint density at radius 1 is 0.277 bits per heavy atom. The van der Waals surface area contributed by atoms with Crippen LogP contribution in [0.15, 0.2) is 12.7 Å². The van der Waals surface area contributed by atoms with Crippen LogP contribution in [0.4, 0.5) is 0 Å². The molecule has 0 aromatic carbocycles. The van der Waals surface area contributed by atoms with Crippen molar-refractivity contribution in [2.24, 2.45) is 0 Å². The number of hydrogen-bond acceptors (Lipinski definition) is 13. The first-order valence-corrected chi connectivity index (χ1v) is 18.6. The Kier molecular flexibility index (Phi) is 45.9. The van der Waals surface area contributed by atoms with E-state index in [1.807, 2.05) is 0 Å². The first-order chi connectivity index (χ1) is 23.4. The number of hydrogen-bond donors (Lipinski definition) is 0. The zero-order chi connectivity index (χ0) is 33.8. The van der Waals surface area contributed by atoms with E-state index in [0.717, 1.165) is 13.0 Å². The summed E-state index contributed by atoms with van der Waals surface area (Å²) in [6, 6.07) is 0. The van der Waals surface area contributed by atoms with Crippen molar-refractivity contribution in [2.75, 3.05) is 176 Å². The lowest BCUT2D eigenvalue weighted by Crippen LogP contribution is -2.15. The fourth-order valence-corrected chi connectivity index (χ4v) is 4.00. The number of unbranched alkanes of at least 4 members (excludes halogenated alkanes) is 3. The molecule has 0 N–H and O–H groups in total. The van der Waals surface area contributed by atoms with E-state index in [1.54, 1.807) is 6.08 Å². The van der Waals surface area contributed by atoms with Gasteiger partial charge in [-0.2, -0.15) is 0 Å². The van der Waals surface area contributed by atoms with Crippen molar-refractivity contribution in [3.05, 3.63) is 12.7 Å². The number of ether oxygens (including phenoxy) is 13. The normalized spacial score (nSPS) is 11.5. The fraction of sp³-hybridized carbons (Fsp3) is 0.939. The molecule has 282 valence electrons. The second-order valence-electron chi connectivity index (χ2n) is 9.82. The van der Waals surface area contributed by atoms with Gasteiger partial charge in [-0.3, -0.25) is 0 Å². The first-order valence-electron chi connectivity index (χ1n) is 17.1. The van der Waals surface area contributed by atoms with E-state index in [4.69, 9.17) is 61.6 Å². The molecule has 0 aliphatic carbocycles. The maximum Gasteiger partial charge on any atom is 0.0704 e. The molecule has 0 heterocycles. The average molecular weight is 797 g/mol. The van der Waals surface area contributed by atoms with E-state index >= 15 is 0 Å². The van der Waals surface area contributed by atoms with Crippen LogP contribution < -0.4 is 0 Å². The van der Waals surface area contributed by atoms with Crippen LogP contribution in [0.2, 0.25) is 0 Å². The third-order valence-corrected chi connectivity index (χ3v) is 6.63. The Morgan fingerprint density at radius 2 is 0.489 bits per heavy atom. The maximum atomic E-state index is 5.56. The molecule has 0 aliphatic rings. The third kappa shape index (κ3) is 46.0. The molecule has 0 aromatic heterocycles. The predicted octanol–water partition coefficient (Wildman–Crippen LogP) is 3.38. The van der Waals surface area contributed by atoms with Crippen molar-refractivity contribution in [3.8, 4) is 0 Å². The van der Waals surface area contributed by atoms with Crippen molar-refractivity contribution >= 4 is 22.6 Å². The largest absolute Gasteiger partial charge is 0.379 e. The van der Waals surface area contributed by atoms with Gasteiger partial charge in [-0.1, -0.05) is 41.5 Å². The summed E-state index contributed by atoms with van der Waals surface area (Å²) < 4.78 is 72.2. The van der Waals surface area contributed by atoms with Gasteiger partial charge in [-0.05, 0) is 17.3 Å². The van der Waals surface area contributed by atoms with Gasteiger partial charge in [0.1, 0.15) is 0 Å². The minimum absolute atomic E-state index is 0.513. The molecule has 0 bridgehead atoms. The molecule has 0 fully saturated rings. The average Bonchev–Trinajstić information content (AvgIpc) is 3.08. The van der Waals surface area contributed by atoms with Crippen molar-refractivity contribution in [1.29, 1.82) is 0 Å². The van der Waals surface area contributed by atoms with Gasteiger partial charge in [-0.15, -0.1) is 6.58 Å². The fourth-order valence-electron chi connectivity index (χ4n) is 3.46. The Balaban J connectivity index is 3.04. The molecule has 0 spiro atoms. The van der Waals surface area contributed by atoms with Gasteiger partial charge in [0.15, 0.2) is 0 Å². The van der Waals surface area contributed by atoms with Crippen molar-refractivity contribution in [3.63, 3.8) is 0 Å². The topological polar surface area (TPSA) is 120 Å². The lowest BCUT2D eigenvalue weighted by atomic mass is 10.2. The van der Waals surface area contributed by atoms with Crippen LogP contribution in [0.25, 0.3) is 0 Å². The summed E-state index contributed by atoms with van der Waals surface area (Å²) in [4.78, 5) is 0. The van der Waals surface area contributed by atoms with Crippen LogP contribution in [0, 0.1) is 0 Å². The van der Waals surface area contributed by atoms with Gasteiger partial charge in [0.05, 0.1) is 165 Å². The lowest BCUT2D eigenvalue weighted by molar-refractivity contribution is -0.0289. The molecule has 0 saturated carbocycles. The molecule has 0 aliphatic heterocycles. The summed E-state index contributed by atoms with van der Waals surface area (Å²) in [6.07, 6.45) is 6.69. The van der Waals surface area contributed by atoms with E-state index in [9.17, 15) is 0 Å². The molecule has 0 saturated heterocycles. The second kappa shape index (κ2) is 46.0. The predicted molar refractivity (Wildman–Crippen MR) is 188 cm³/mol. The summed E-state index contributed by atoms with van der Waals surface area (Å²) in [5, 5.41) is 0. The zero-order valence-corrected chi connectivity index (χ0v) is 31.0. The highest BCUT2D eigenvalue weighted by Crippen LogP contribution is 2.02. The maximum absolute atomic E-state index is 5.56. The summed E-state index contributed by atoms with van der Waals surface area (Å²) in [5.74, 6) is 0. The molecule has 47 heavy (non-hydrogen) atoms. The molecule has 14 heteroatoms. The molecule has 0 amide bonds. The van der Waals surface area contributed by atoms with Crippen molar-refractivity contribution in [1.82, 2.24) is 0 Å². The summed E-state index contributed by atoms with van der Waals surface area (Å²) in [5.41, 5.74) is 0. The number of halogens is 1. The SMILES string of the molecule is C=CCOCCOCCOCCOCCOCCOCCOCCOCCOCCOCCOCCOCCOCCCCCCI.